The number of amidine groups is 1. The third-order valence-corrected chi connectivity index (χ3v) is 3.52. The van der Waals surface area contributed by atoms with Gasteiger partial charge in [0, 0.05) is 16.5 Å². The summed E-state index contributed by atoms with van der Waals surface area (Å²) in [4.78, 5) is 15.3. The van der Waals surface area contributed by atoms with E-state index in [0.29, 0.717) is 17.3 Å². The number of carbonyl (C=O) groups is 1. The second kappa shape index (κ2) is 4.43. The van der Waals surface area contributed by atoms with Gasteiger partial charge in [-0.05, 0) is 28.1 Å². The summed E-state index contributed by atoms with van der Waals surface area (Å²) in [5.74, 6) is 0.543. The van der Waals surface area contributed by atoms with Gasteiger partial charge in [0.05, 0.1) is 17.8 Å². The van der Waals surface area contributed by atoms with Gasteiger partial charge in [0.1, 0.15) is 5.84 Å². The van der Waals surface area contributed by atoms with Gasteiger partial charge in [-0.25, -0.2) is 9.79 Å². The fourth-order valence-electron chi connectivity index (χ4n) is 1.45. The Labute approximate surface area is 106 Å². The van der Waals surface area contributed by atoms with Crippen LogP contribution in [-0.2, 0) is 11.2 Å². The number of hydrogen-bond donors (Lipinski definition) is 1. The fraction of sp³-hybridized carbons (Fsp3) is 0.200. The van der Waals surface area contributed by atoms with Crippen molar-refractivity contribution in [3.63, 3.8) is 0 Å². The number of aliphatic imine (C=N–C) groups is 1. The van der Waals surface area contributed by atoms with Crippen molar-refractivity contribution in [2.45, 2.75) is 6.42 Å². The van der Waals surface area contributed by atoms with E-state index in [1.807, 2.05) is 12.1 Å². The minimum Gasteiger partial charge on any atom is -0.453 e. The third kappa shape index (κ3) is 2.05. The summed E-state index contributed by atoms with van der Waals surface area (Å²) in [5, 5.41) is 3.16. The number of nitrogens with one attached hydrogen (secondary N) is 1. The first-order valence-electron chi connectivity index (χ1n) is 4.51. The van der Waals surface area contributed by atoms with E-state index < -0.39 is 6.09 Å². The fourth-order valence-corrected chi connectivity index (χ4v) is 2.05. The molecule has 0 fully saturated rings. The van der Waals surface area contributed by atoms with Crippen molar-refractivity contribution in [3.05, 3.63) is 27.2 Å². The van der Waals surface area contributed by atoms with Crippen LogP contribution in [0.2, 0.25) is 5.02 Å². The predicted octanol–water partition coefficient (Wildman–Crippen LogP) is 3.04. The molecule has 0 aromatic heterocycles. The van der Waals surface area contributed by atoms with E-state index in [1.165, 1.54) is 7.11 Å². The number of amides is 1. The lowest BCUT2D eigenvalue weighted by molar-refractivity contribution is 0.176. The molecular formula is C10H8BrClN2O2. The van der Waals surface area contributed by atoms with E-state index in [4.69, 9.17) is 11.6 Å². The van der Waals surface area contributed by atoms with Gasteiger partial charge < -0.3 is 4.74 Å². The molecule has 0 saturated carbocycles. The molecule has 1 aromatic carbocycles. The van der Waals surface area contributed by atoms with Gasteiger partial charge in [-0.2, -0.15) is 0 Å². The number of benzene rings is 1. The van der Waals surface area contributed by atoms with Crippen molar-refractivity contribution in [1.82, 2.24) is 5.32 Å². The van der Waals surface area contributed by atoms with Crippen LogP contribution in [0.4, 0.5) is 10.5 Å². The van der Waals surface area contributed by atoms with Crippen LogP contribution in [0.15, 0.2) is 21.6 Å². The van der Waals surface area contributed by atoms with E-state index in [9.17, 15) is 4.79 Å². The molecule has 0 aliphatic carbocycles. The van der Waals surface area contributed by atoms with Crippen molar-refractivity contribution in [3.8, 4) is 0 Å². The maximum Gasteiger partial charge on any atom is 0.412 e. The Balaban J connectivity index is 2.23. The summed E-state index contributed by atoms with van der Waals surface area (Å²) < 4.78 is 5.31. The Bertz CT molecular complexity index is 488. The first-order chi connectivity index (χ1) is 7.61. The molecule has 0 bridgehead atoms. The molecule has 1 heterocycles. The summed E-state index contributed by atoms with van der Waals surface area (Å²) in [6.45, 7) is 0. The lowest BCUT2D eigenvalue weighted by Crippen LogP contribution is -2.30. The minimum absolute atomic E-state index is 0.503. The highest BCUT2D eigenvalue weighted by atomic mass is 79.9. The Kier molecular flexibility index (Phi) is 3.16. The molecule has 0 saturated heterocycles. The van der Waals surface area contributed by atoms with Crippen molar-refractivity contribution in [1.29, 1.82) is 0 Å². The van der Waals surface area contributed by atoms with Gasteiger partial charge in [0.25, 0.3) is 0 Å². The molecule has 1 N–H and O–H groups in total. The SMILES string of the molecule is COC(=O)NC1=Nc2ccc(Br)c(Cl)c2C1. The first-order valence-corrected chi connectivity index (χ1v) is 5.68. The number of hydrogen-bond acceptors (Lipinski definition) is 3. The van der Waals surface area contributed by atoms with Crippen LogP contribution in [-0.4, -0.2) is 19.0 Å². The molecule has 1 amide bonds. The van der Waals surface area contributed by atoms with Crippen molar-refractivity contribution >= 4 is 45.1 Å². The Hall–Kier alpha value is -1.07. The van der Waals surface area contributed by atoms with Crippen molar-refractivity contribution < 1.29 is 9.53 Å². The number of halogens is 2. The van der Waals surface area contributed by atoms with Crippen molar-refractivity contribution in [2.75, 3.05) is 7.11 Å². The number of alkyl carbamates (subject to hydrolysis) is 1. The summed E-state index contributed by atoms with van der Waals surface area (Å²) in [7, 11) is 1.31. The highest BCUT2D eigenvalue weighted by molar-refractivity contribution is 9.10. The van der Waals surface area contributed by atoms with Gasteiger partial charge in [0.15, 0.2) is 0 Å². The van der Waals surface area contributed by atoms with Gasteiger partial charge >= 0.3 is 6.09 Å². The number of methoxy groups -OCH3 is 1. The molecule has 1 aromatic rings. The highest BCUT2D eigenvalue weighted by Crippen LogP contribution is 2.36. The molecule has 0 unspecified atom stereocenters. The van der Waals surface area contributed by atoms with Crippen molar-refractivity contribution in [2.24, 2.45) is 4.99 Å². The summed E-state index contributed by atoms with van der Waals surface area (Å²) in [5.41, 5.74) is 1.68. The van der Waals surface area contributed by atoms with Crippen LogP contribution in [0, 0.1) is 0 Å². The summed E-state index contributed by atoms with van der Waals surface area (Å²) in [6, 6.07) is 3.67. The average molecular weight is 304 g/mol. The second-order valence-corrected chi connectivity index (χ2v) is 4.44. The largest absolute Gasteiger partial charge is 0.453 e. The third-order valence-electron chi connectivity index (χ3n) is 2.20. The van der Waals surface area contributed by atoms with Crippen LogP contribution < -0.4 is 5.32 Å². The highest BCUT2D eigenvalue weighted by Gasteiger charge is 2.20. The Morgan fingerprint density at radius 1 is 1.62 bits per heavy atom. The van der Waals surface area contributed by atoms with E-state index >= 15 is 0 Å². The van der Waals surface area contributed by atoms with Gasteiger partial charge in [-0.3, -0.25) is 5.32 Å². The molecule has 0 atom stereocenters. The molecule has 4 nitrogen and oxygen atoms in total. The van der Waals surface area contributed by atoms with Crippen LogP contribution in [0.25, 0.3) is 0 Å². The molecule has 0 radical (unpaired) electrons. The van der Waals surface area contributed by atoms with E-state index in [0.717, 1.165) is 15.7 Å². The van der Waals surface area contributed by atoms with E-state index in [2.05, 4.69) is 31.0 Å². The number of nitrogens with zero attached hydrogens (tertiary/aromatic N) is 1. The molecule has 1 aliphatic rings. The number of rotatable bonds is 0. The average Bonchev–Trinajstić information content (AvgIpc) is 2.67. The van der Waals surface area contributed by atoms with Gasteiger partial charge in [-0.1, -0.05) is 11.6 Å². The lowest BCUT2D eigenvalue weighted by atomic mass is 10.1. The standard InChI is InChI=1S/C10H8BrClN2O2/c1-16-10(15)14-8-4-5-7(13-8)3-2-6(11)9(5)12/h2-3H,4H2,1H3,(H,13,14,15). The number of ether oxygens (including phenoxy) is 1. The maximum atomic E-state index is 11.0. The molecule has 16 heavy (non-hydrogen) atoms. The Morgan fingerprint density at radius 2 is 2.38 bits per heavy atom. The maximum absolute atomic E-state index is 11.0. The number of carbonyl (C=O) groups excluding carboxylic acids is 1. The number of fused-ring (bicyclic) bond motifs is 1. The van der Waals surface area contributed by atoms with Crippen LogP contribution in [0.1, 0.15) is 5.56 Å². The van der Waals surface area contributed by atoms with Crippen LogP contribution in [0.3, 0.4) is 0 Å². The molecule has 6 heteroatoms. The van der Waals surface area contributed by atoms with E-state index in [1.54, 1.807) is 0 Å². The summed E-state index contributed by atoms with van der Waals surface area (Å²) in [6.07, 6.45) is -0.0235. The normalized spacial score (nSPS) is 13.1. The zero-order valence-electron chi connectivity index (χ0n) is 8.38. The zero-order chi connectivity index (χ0) is 11.7. The van der Waals surface area contributed by atoms with Crippen LogP contribution in [0.5, 0.6) is 0 Å². The second-order valence-electron chi connectivity index (χ2n) is 3.21. The molecule has 2 rings (SSSR count). The molecular weight excluding hydrogens is 295 g/mol. The molecule has 0 spiro atoms. The minimum atomic E-state index is -0.526. The van der Waals surface area contributed by atoms with Gasteiger partial charge in [0.2, 0.25) is 0 Å². The monoisotopic (exact) mass is 302 g/mol. The molecule has 84 valence electrons. The quantitative estimate of drug-likeness (QED) is 0.801. The van der Waals surface area contributed by atoms with Crippen LogP contribution >= 0.6 is 27.5 Å². The first kappa shape index (κ1) is 11.4. The summed E-state index contributed by atoms with van der Waals surface area (Å²) >= 11 is 9.45. The Morgan fingerprint density at radius 3 is 3.06 bits per heavy atom. The van der Waals surface area contributed by atoms with E-state index in [-0.39, 0.29) is 0 Å². The van der Waals surface area contributed by atoms with Gasteiger partial charge in [-0.15, -0.1) is 0 Å². The predicted molar refractivity (Wildman–Crippen MR) is 65.5 cm³/mol. The zero-order valence-corrected chi connectivity index (χ0v) is 10.7. The lowest BCUT2D eigenvalue weighted by Gasteiger charge is -2.03. The topological polar surface area (TPSA) is 50.7 Å². The smallest absolute Gasteiger partial charge is 0.412 e. The molecule has 1 aliphatic heterocycles.